The molecule has 1 amide bonds. The van der Waals surface area contributed by atoms with E-state index in [9.17, 15) is 4.79 Å². The third-order valence-electron chi connectivity index (χ3n) is 4.29. The average molecular weight is 333 g/mol. The second kappa shape index (κ2) is 7.97. The van der Waals surface area contributed by atoms with Gasteiger partial charge in [-0.1, -0.05) is 13.0 Å². The Balaban J connectivity index is 2.00. The van der Waals surface area contributed by atoms with Crippen LogP contribution in [0.15, 0.2) is 18.3 Å². The summed E-state index contributed by atoms with van der Waals surface area (Å²) in [5.41, 5.74) is 2.00. The molecule has 24 heavy (non-hydrogen) atoms. The summed E-state index contributed by atoms with van der Waals surface area (Å²) in [4.78, 5) is 17.1. The third-order valence-corrected chi connectivity index (χ3v) is 4.29. The molecule has 1 aromatic heterocycles. The Morgan fingerprint density at radius 1 is 1.38 bits per heavy atom. The Hall–Kier alpha value is -1.62. The van der Waals surface area contributed by atoms with Crippen molar-refractivity contribution in [2.24, 2.45) is 0 Å². The Kier molecular flexibility index (Phi) is 6.21. The van der Waals surface area contributed by atoms with Crippen LogP contribution in [-0.4, -0.2) is 46.3 Å². The van der Waals surface area contributed by atoms with Crippen LogP contribution in [0.3, 0.4) is 0 Å². The van der Waals surface area contributed by atoms with Gasteiger partial charge in [0, 0.05) is 37.4 Å². The number of piperidine rings is 1. The van der Waals surface area contributed by atoms with Gasteiger partial charge in [-0.3, -0.25) is 4.98 Å². The monoisotopic (exact) mass is 333 g/mol. The van der Waals surface area contributed by atoms with Gasteiger partial charge < -0.3 is 4.74 Å². The standard InChI is InChI=1S/C19H31N3O2/c1-6-12-22(18(23)24-19(3,4)5)21-13-9-16(10-14-21)17-15(2)8-7-11-20-17/h7-8,11,16H,6,9-10,12-14H2,1-5H3. The van der Waals surface area contributed by atoms with Crippen molar-refractivity contribution in [3.8, 4) is 0 Å². The maximum atomic E-state index is 12.5. The summed E-state index contributed by atoms with van der Waals surface area (Å²) in [6.07, 6.45) is 4.58. The fourth-order valence-electron chi connectivity index (χ4n) is 3.18. The van der Waals surface area contributed by atoms with Gasteiger partial charge in [-0.2, -0.15) is 0 Å². The van der Waals surface area contributed by atoms with Crippen LogP contribution in [0.4, 0.5) is 4.79 Å². The molecule has 0 radical (unpaired) electrons. The number of rotatable bonds is 4. The van der Waals surface area contributed by atoms with Crippen molar-refractivity contribution in [2.75, 3.05) is 19.6 Å². The van der Waals surface area contributed by atoms with Gasteiger partial charge in [-0.05, 0) is 58.6 Å². The summed E-state index contributed by atoms with van der Waals surface area (Å²) >= 11 is 0. The van der Waals surface area contributed by atoms with E-state index in [0.717, 1.165) is 32.4 Å². The summed E-state index contributed by atoms with van der Waals surface area (Å²) in [5.74, 6) is 0.476. The highest BCUT2D eigenvalue weighted by Gasteiger charge is 2.30. The average Bonchev–Trinajstić information content (AvgIpc) is 2.52. The van der Waals surface area contributed by atoms with Gasteiger partial charge in [0.15, 0.2) is 0 Å². The number of nitrogens with zero attached hydrogens (tertiary/aromatic N) is 3. The number of hydrogen-bond donors (Lipinski definition) is 0. The summed E-state index contributed by atoms with van der Waals surface area (Å²) in [6, 6.07) is 4.11. The first-order valence-corrected chi connectivity index (χ1v) is 8.98. The highest BCUT2D eigenvalue weighted by atomic mass is 16.6. The molecule has 0 N–H and O–H groups in total. The fourth-order valence-corrected chi connectivity index (χ4v) is 3.18. The zero-order valence-electron chi connectivity index (χ0n) is 15.7. The topological polar surface area (TPSA) is 45.7 Å². The molecule has 0 saturated carbocycles. The predicted molar refractivity (Wildman–Crippen MR) is 95.8 cm³/mol. The molecule has 1 aromatic rings. The molecule has 2 rings (SSSR count). The minimum absolute atomic E-state index is 0.239. The molecule has 1 saturated heterocycles. The largest absolute Gasteiger partial charge is 0.443 e. The van der Waals surface area contributed by atoms with E-state index in [2.05, 4.69) is 29.9 Å². The Morgan fingerprint density at radius 3 is 2.58 bits per heavy atom. The molecular weight excluding hydrogens is 302 g/mol. The van der Waals surface area contributed by atoms with Crippen LogP contribution < -0.4 is 0 Å². The summed E-state index contributed by atoms with van der Waals surface area (Å²) in [5, 5.41) is 3.93. The number of amides is 1. The first-order chi connectivity index (χ1) is 11.3. The predicted octanol–water partition coefficient (Wildman–Crippen LogP) is 4.13. The van der Waals surface area contributed by atoms with E-state index in [4.69, 9.17) is 4.74 Å². The van der Waals surface area contributed by atoms with Crippen LogP contribution in [0.25, 0.3) is 0 Å². The van der Waals surface area contributed by atoms with Crippen LogP contribution in [0.1, 0.15) is 64.1 Å². The van der Waals surface area contributed by atoms with E-state index in [1.807, 2.05) is 33.0 Å². The molecule has 1 aliphatic heterocycles. The van der Waals surface area contributed by atoms with E-state index in [-0.39, 0.29) is 6.09 Å². The maximum absolute atomic E-state index is 12.5. The van der Waals surface area contributed by atoms with Gasteiger partial charge in [-0.25, -0.2) is 14.8 Å². The van der Waals surface area contributed by atoms with Gasteiger partial charge >= 0.3 is 6.09 Å². The van der Waals surface area contributed by atoms with Crippen molar-refractivity contribution in [2.45, 2.75) is 65.4 Å². The minimum Gasteiger partial charge on any atom is -0.443 e. The van der Waals surface area contributed by atoms with E-state index in [0.29, 0.717) is 12.5 Å². The Bertz CT molecular complexity index is 546. The normalized spacial score (nSPS) is 16.9. The van der Waals surface area contributed by atoms with Gasteiger partial charge in [0.1, 0.15) is 5.60 Å². The van der Waals surface area contributed by atoms with Crippen LogP contribution in [0.5, 0.6) is 0 Å². The van der Waals surface area contributed by atoms with Crippen LogP contribution in [-0.2, 0) is 4.74 Å². The SMILES string of the molecule is CCCN(C(=O)OC(C)(C)C)N1CCC(c2ncccc2C)CC1. The number of hydrazine groups is 1. The molecule has 5 heteroatoms. The molecule has 0 bridgehead atoms. The van der Waals surface area contributed by atoms with Crippen molar-refractivity contribution in [1.29, 1.82) is 0 Å². The van der Waals surface area contributed by atoms with Crippen molar-refractivity contribution < 1.29 is 9.53 Å². The summed E-state index contributed by atoms with van der Waals surface area (Å²) in [7, 11) is 0. The van der Waals surface area contributed by atoms with Gasteiger partial charge in [0.05, 0.1) is 0 Å². The van der Waals surface area contributed by atoms with E-state index >= 15 is 0 Å². The number of ether oxygens (including phenoxy) is 1. The molecule has 1 fully saturated rings. The Labute approximate surface area is 146 Å². The molecule has 0 atom stereocenters. The highest BCUT2D eigenvalue weighted by Crippen LogP contribution is 2.29. The quantitative estimate of drug-likeness (QED) is 0.831. The van der Waals surface area contributed by atoms with Crippen molar-refractivity contribution in [3.63, 3.8) is 0 Å². The zero-order chi connectivity index (χ0) is 17.7. The number of pyridine rings is 1. The molecule has 1 aliphatic rings. The van der Waals surface area contributed by atoms with Gasteiger partial charge in [0.25, 0.3) is 0 Å². The molecule has 0 aliphatic carbocycles. The lowest BCUT2D eigenvalue weighted by Crippen LogP contribution is -2.51. The summed E-state index contributed by atoms with van der Waals surface area (Å²) < 4.78 is 5.57. The molecule has 5 nitrogen and oxygen atoms in total. The lowest BCUT2D eigenvalue weighted by molar-refractivity contribution is -0.0609. The number of aryl methyl sites for hydroxylation is 1. The van der Waals surface area contributed by atoms with Gasteiger partial charge in [-0.15, -0.1) is 0 Å². The lowest BCUT2D eigenvalue weighted by Gasteiger charge is -2.40. The number of carbonyl (C=O) groups is 1. The number of aromatic nitrogens is 1. The van der Waals surface area contributed by atoms with E-state index in [1.54, 1.807) is 5.01 Å². The molecular formula is C19H31N3O2. The Morgan fingerprint density at radius 2 is 2.04 bits per heavy atom. The molecule has 0 spiro atoms. The van der Waals surface area contributed by atoms with Crippen LogP contribution >= 0.6 is 0 Å². The smallest absolute Gasteiger partial charge is 0.424 e. The maximum Gasteiger partial charge on any atom is 0.424 e. The van der Waals surface area contributed by atoms with E-state index < -0.39 is 5.60 Å². The van der Waals surface area contributed by atoms with E-state index in [1.165, 1.54) is 11.3 Å². The minimum atomic E-state index is -0.466. The second-order valence-electron chi connectivity index (χ2n) is 7.54. The number of carbonyl (C=O) groups excluding carboxylic acids is 1. The lowest BCUT2D eigenvalue weighted by atomic mass is 9.91. The van der Waals surface area contributed by atoms with Crippen molar-refractivity contribution in [3.05, 3.63) is 29.6 Å². The van der Waals surface area contributed by atoms with Crippen molar-refractivity contribution >= 4 is 6.09 Å². The third kappa shape index (κ3) is 4.94. The van der Waals surface area contributed by atoms with Crippen molar-refractivity contribution in [1.82, 2.24) is 15.0 Å². The molecule has 0 aromatic carbocycles. The van der Waals surface area contributed by atoms with Gasteiger partial charge in [0.2, 0.25) is 0 Å². The number of hydrogen-bond acceptors (Lipinski definition) is 4. The zero-order valence-corrected chi connectivity index (χ0v) is 15.7. The van der Waals surface area contributed by atoms with Crippen LogP contribution in [0, 0.1) is 6.92 Å². The fraction of sp³-hybridized carbons (Fsp3) is 0.684. The van der Waals surface area contributed by atoms with Crippen LogP contribution in [0.2, 0.25) is 0 Å². The summed E-state index contributed by atoms with van der Waals surface area (Å²) in [6.45, 7) is 12.4. The first-order valence-electron chi connectivity index (χ1n) is 8.98. The molecule has 134 valence electrons. The highest BCUT2D eigenvalue weighted by molar-refractivity contribution is 5.67. The first kappa shape index (κ1) is 18.7. The second-order valence-corrected chi connectivity index (χ2v) is 7.54. The molecule has 2 heterocycles. The molecule has 0 unspecified atom stereocenters.